The van der Waals surface area contributed by atoms with Gasteiger partial charge in [-0.05, 0) is 30.3 Å². The van der Waals surface area contributed by atoms with Crippen molar-refractivity contribution >= 4 is 51.9 Å². The molecule has 94 valence electrons. The van der Waals surface area contributed by atoms with Crippen LogP contribution in [0.15, 0.2) is 30.3 Å². The van der Waals surface area contributed by atoms with Crippen LogP contribution in [0.5, 0.6) is 0 Å². The summed E-state index contributed by atoms with van der Waals surface area (Å²) >= 11 is 17.4. The Labute approximate surface area is 118 Å². The average molecular weight is 306 g/mol. The first-order chi connectivity index (χ1) is 8.47. The lowest BCUT2D eigenvalue weighted by Gasteiger charge is -2.10. The molecule has 0 fully saturated rings. The van der Waals surface area contributed by atoms with E-state index in [-0.39, 0.29) is 10.0 Å². The Morgan fingerprint density at radius 2 is 1.56 bits per heavy atom. The summed E-state index contributed by atoms with van der Waals surface area (Å²) in [6.07, 6.45) is 0. The van der Waals surface area contributed by atoms with Gasteiger partial charge in [-0.3, -0.25) is 0 Å². The molecule has 0 radical (unpaired) electrons. The Kier molecular flexibility index (Phi) is 3.85. The van der Waals surface area contributed by atoms with E-state index in [1.165, 1.54) is 12.1 Å². The van der Waals surface area contributed by atoms with Crippen molar-refractivity contribution in [3.63, 3.8) is 0 Å². The Morgan fingerprint density at radius 1 is 0.944 bits per heavy atom. The summed E-state index contributed by atoms with van der Waals surface area (Å²) < 4.78 is 13.2. The summed E-state index contributed by atoms with van der Waals surface area (Å²) in [6, 6.07) is 7.87. The Bertz CT molecular complexity index is 579. The highest BCUT2D eigenvalue weighted by atomic mass is 35.5. The SMILES string of the molecule is Nc1ccc(Nc2cc(Cl)c(F)c(Cl)c2)c(Cl)c1. The van der Waals surface area contributed by atoms with Gasteiger partial charge < -0.3 is 11.1 Å². The van der Waals surface area contributed by atoms with Crippen molar-refractivity contribution in [1.82, 2.24) is 0 Å². The molecule has 6 heteroatoms. The fraction of sp³-hybridized carbons (Fsp3) is 0. The van der Waals surface area contributed by atoms with Gasteiger partial charge in [-0.2, -0.15) is 0 Å². The number of nitrogens with two attached hydrogens (primary N) is 1. The number of rotatable bonds is 2. The van der Waals surface area contributed by atoms with Gasteiger partial charge >= 0.3 is 0 Å². The number of hydrogen-bond donors (Lipinski definition) is 2. The lowest BCUT2D eigenvalue weighted by Crippen LogP contribution is -1.94. The molecule has 0 aromatic heterocycles. The van der Waals surface area contributed by atoms with E-state index in [0.717, 1.165) is 0 Å². The van der Waals surface area contributed by atoms with Gasteiger partial charge in [-0.15, -0.1) is 0 Å². The van der Waals surface area contributed by atoms with Crippen molar-refractivity contribution in [2.24, 2.45) is 0 Å². The summed E-state index contributed by atoms with van der Waals surface area (Å²) in [5.41, 5.74) is 7.31. The third kappa shape index (κ3) is 2.80. The zero-order valence-corrected chi connectivity index (χ0v) is 11.2. The molecule has 0 aliphatic rings. The second-order valence-corrected chi connectivity index (χ2v) is 4.84. The number of nitrogen functional groups attached to an aromatic ring is 1. The summed E-state index contributed by atoms with van der Waals surface area (Å²) in [6.45, 7) is 0. The largest absolute Gasteiger partial charge is 0.399 e. The number of anilines is 3. The minimum absolute atomic E-state index is 0.0587. The maximum atomic E-state index is 13.2. The van der Waals surface area contributed by atoms with Gasteiger partial charge in [0.05, 0.1) is 20.8 Å². The summed E-state index contributed by atoms with van der Waals surface area (Å²) in [4.78, 5) is 0. The number of nitrogens with one attached hydrogen (secondary N) is 1. The molecule has 0 amide bonds. The zero-order chi connectivity index (χ0) is 13.3. The van der Waals surface area contributed by atoms with E-state index in [2.05, 4.69) is 5.32 Å². The van der Waals surface area contributed by atoms with Crippen LogP contribution in [0.25, 0.3) is 0 Å². The van der Waals surface area contributed by atoms with Crippen LogP contribution in [0.3, 0.4) is 0 Å². The normalized spacial score (nSPS) is 10.4. The first kappa shape index (κ1) is 13.3. The Hall–Kier alpha value is -1.16. The molecule has 2 nitrogen and oxygen atoms in total. The highest BCUT2D eigenvalue weighted by Crippen LogP contribution is 2.32. The summed E-state index contributed by atoms with van der Waals surface area (Å²) in [7, 11) is 0. The molecule has 0 aliphatic heterocycles. The Balaban J connectivity index is 2.34. The number of benzene rings is 2. The van der Waals surface area contributed by atoms with Crippen LogP contribution >= 0.6 is 34.8 Å². The van der Waals surface area contributed by atoms with Gasteiger partial charge in [-0.1, -0.05) is 34.8 Å². The van der Waals surface area contributed by atoms with Crippen LogP contribution in [0.2, 0.25) is 15.1 Å². The molecule has 2 aromatic rings. The van der Waals surface area contributed by atoms with E-state index < -0.39 is 5.82 Å². The molecule has 3 N–H and O–H groups in total. The lowest BCUT2D eigenvalue weighted by atomic mass is 10.2. The van der Waals surface area contributed by atoms with E-state index >= 15 is 0 Å². The van der Waals surface area contributed by atoms with Crippen LogP contribution in [0.4, 0.5) is 21.5 Å². The van der Waals surface area contributed by atoms with E-state index in [4.69, 9.17) is 40.5 Å². The fourth-order valence-corrected chi connectivity index (χ4v) is 2.14. The van der Waals surface area contributed by atoms with Crippen molar-refractivity contribution in [2.75, 3.05) is 11.1 Å². The Morgan fingerprint density at radius 3 is 2.11 bits per heavy atom. The van der Waals surface area contributed by atoms with Gasteiger partial charge in [0.2, 0.25) is 0 Å². The molecule has 0 atom stereocenters. The number of halogens is 4. The molecular weight excluding hydrogens is 298 g/mol. The predicted molar refractivity (Wildman–Crippen MR) is 75.6 cm³/mol. The van der Waals surface area contributed by atoms with Crippen molar-refractivity contribution in [3.8, 4) is 0 Å². The van der Waals surface area contributed by atoms with E-state index in [1.54, 1.807) is 18.2 Å². The molecule has 0 spiro atoms. The van der Waals surface area contributed by atoms with E-state index in [0.29, 0.717) is 22.1 Å². The molecule has 0 unspecified atom stereocenters. The van der Waals surface area contributed by atoms with Gasteiger partial charge in [0.15, 0.2) is 5.82 Å². The topological polar surface area (TPSA) is 38.0 Å². The maximum Gasteiger partial charge on any atom is 0.160 e. The smallest absolute Gasteiger partial charge is 0.160 e. The zero-order valence-electron chi connectivity index (χ0n) is 8.98. The fourth-order valence-electron chi connectivity index (χ4n) is 1.42. The average Bonchev–Trinajstić information content (AvgIpc) is 2.29. The van der Waals surface area contributed by atoms with Crippen LogP contribution in [0, 0.1) is 5.82 Å². The van der Waals surface area contributed by atoms with Crippen LogP contribution in [0.1, 0.15) is 0 Å². The van der Waals surface area contributed by atoms with E-state index in [1.807, 2.05) is 0 Å². The molecule has 2 aromatic carbocycles. The van der Waals surface area contributed by atoms with Gasteiger partial charge in [0, 0.05) is 11.4 Å². The molecule has 0 heterocycles. The minimum atomic E-state index is -0.646. The quantitative estimate of drug-likeness (QED) is 0.597. The van der Waals surface area contributed by atoms with Gasteiger partial charge in [-0.25, -0.2) is 4.39 Å². The van der Waals surface area contributed by atoms with Gasteiger partial charge in [0.25, 0.3) is 0 Å². The predicted octanol–water partition coefficient (Wildman–Crippen LogP) is 5.11. The first-order valence-corrected chi connectivity index (χ1v) is 6.07. The van der Waals surface area contributed by atoms with Crippen molar-refractivity contribution in [2.45, 2.75) is 0 Å². The molecule has 0 bridgehead atoms. The third-order valence-corrected chi connectivity index (χ3v) is 3.12. The maximum absolute atomic E-state index is 13.2. The molecule has 0 saturated heterocycles. The number of hydrogen-bond acceptors (Lipinski definition) is 2. The monoisotopic (exact) mass is 304 g/mol. The van der Waals surface area contributed by atoms with Crippen molar-refractivity contribution in [1.29, 1.82) is 0 Å². The second kappa shape index (κ2) is 5.22. The minimum Gasteiger partial charge on any atom is -0.399 e. The van der Waals surface area contributed by atoms with Crippen LogP contribution in [-0.4, -0.2) is 0 Å². The highest BCUT2D eigenvalue weighted by molar-refractivity contribution is 6.35. The van der Waals surface area contributed by atoms with Crippen molar-refractivity contribution < 1.29 is 4.39 Å². The van der Waals surface area contributed by atoms with Crippen LogP contribution in [-0.2, 0) is 0 Å². The summed E-state index contributed by atoms with van der Waals surface area (Å²) in [5, 5.41) is 3.32. The second-order valence-electron chi connectivity index (χ2n) is 3.62. The van der Waals surface area contributed by atoms with Crippen LogP contribution < -0.4 is 11.1 Å². The molecular formula is C12H8Cl3FN2. The third-order valence-electron chi connectivity index (χ3n) is 2.26. The molecule has 2 rings (SSSR count). The van der Waals surface area contributed by atoms with Gasteiger partial charge in [0.1, 0.15) is 0 Å². The standard InChI is InChI=1S/C12H8Cl3FN2/c13-8-3-6(17)1-2-11(8)18-7-4-9(14)12(16)10(15)5-7/h1-5,18H,17H2. The summed E-state index contributed by atoms with van der Waals surface area (Å²) in [5.74, 6) is -0.646. The lowest BCUT2D eigenvalue weighted by molar-refractivity contribution is 0.629. The first-order valence-electron chi connectivity index (χ1n) is 4.94. The van der Waals surface area contributed by atoms with E-state index in [9.17, 15) is 4.39 Å². The highest BCUT2D eigenvalue weighted by Gasteiger charge is 2.08. The molecule has 18 heavy (non-hydrogen) atoms. The van der Waals surface area contributed by atoms with Crippen molar-refractivity contribution in [3.05, 3.63) is 51.2 Å². The molecule has 0 aliphatic carbocycles. The molecule has 0 saturated carbocycles.